The summed E-state index contributed by atoms with van der Waals surface area (Å²) in [6.45, 7) is 2.81. The molecule has 1 aromatic carbocycles. The van der Waals surface area contributed by atoms with Crippen LogP contribution in [0.5, 0.6) is 5.75 Å². The minimum Gasteiger partial charge on any atom is -0.496 e. The van der Waals surface area contributed by atoms with Gasteiger partial charge in [0.25, 0.3) is 0 Å². The molecule has 2 aromatic heterocycles. The van der Waals surface area contributed by atoms with Crippen molar-refractivity contribution in [2.75, 3.05) is 19.0 Å². The van der Waals surface area contributed by atoms with Gasteiger partial charge in [-0.05, 0) is 23.8 Å². The molecule has 0 aliphatic rings. The molecular weight excluding hydrogens is 351 g/mol. The molecule has 0 bridgehead atoms. The zero-order valence-corrected chi connectivity index (χ0v) is 15.6. The number of anilines is 1. The normalized spacial score (nSPS) is 11.3. The highest BCUT2D eigenvalue weighted by molar-refractivity contribution is 7.59. The fourth-order valence-electron chi connectivity index (χ4n) is 2.58. The molecule has 3 aromatic rings. The van der Waals surface area contributed by atoms with Crippen LogP contribution in [-0.2, 0) is 0 Å². The Morgan fingerprint density at radius 2 is 1.92 bits per heavy atom. The predicted octanol–water partition coefficient (Wildman–Crippen LogP) is 4.01. The average Bonchev–Trinajstić information content (AvgIpc) is 2.67. The first-order valence-corrected chi connectivity index (χ1v) is 7.98. The highest BCUT2D eigenvalue weighted by Gasteiger charge is 2.11. The highest BCUT2D eigenvalue weighted by atomic mass is 32.1. The van der Waals surface area contributed by atoms with E-state index in [4.69, 9.17) is 4.74 Å². The minimum atomic E-state index is -0.512. The first kappa shape index (κ1) is 19.7. The van der Waals surface area contributed by atoms with Gasteiger partial charge in [0.05, 0.1) is 12.8 Å². The fourth-order valence-corrected chi connectivity index (χ4v) is 2.58. The summed E-state index contributed by atoms with van der Waals surface area (Å²) in [4.78, 5) is 12.1. The summed E-state index contributed by atoms with van der Waals surface area (Å²) in [6.07, 6.45) is 2.94. The number of methoxy groups -OCH3 is 1. The minimum absolute atomic E-state index is 0. The number of hydrogen-bond donors (Lipinski definition) is 1. The van der Waals surface area contributed by atoms with Gasteiger partial charge in [-0.2, -0.15) is 17.9 Å². The number of para-hydroxylation sites is 1. The second-order valence-corrected chi connectivity index (χ2v) is 5.68. The van der Waals surface area contributed by atoms with Crippen molar-refractivity contribution in [3.63, 3.8) is 0 Å². The predicted molar refractivity (Wildman–Crippen MR) is 106 cm³/mol. The van der Waals surface area contributed by atoms with Crippen molar-refractivity contribution >= 4 is 19.3 Å². The van der Waals surface area contributed by atoms with Crippen molar-refractivity contribution < 1.29 is 9.13 Å². The van der Waals surface area contributed by atoms with E-state index in [1.165, 1.54) is 18.6 Å². The first-order chi connectivity index (χ1) is 12.2. The monoisotopic (exact) mass is 372 g/mol. The molecule has 1 atom stereocenters. The Morgan fingerprint density at radius 3 is 2.65 bits per heavy atom. The van der Waals surface area contributed by atoms with Gasteiger partial charge in [-0.1, -0.05) is 25.1 Å². The molecule has 0 radical (unpaired) electrons. The molecule has 0 aliphatic heterocycles. The third-order valence-corrected chi connectivity index (χ3v) is 3.95. The van der Waals surface area contributed by atoms with Crippen molar-refractivity contribution in [1.82, 2.24) is 15.0 Å². The van der Waals surface area contributed by atoms with Gasteiger partial charge in [-0.15, -0.1) is 0 Å². The zero-order valence-electron chi connectivity index (χ0n) is 14.6. The van der Waals surface area contributed by atoms with Crippen LogP contribution in [-0.4, -0.2) is 28.6 Å². The van der Waals surface area contributed by atoms with Crippen molar-refractivity contribution in [2.24, 2.45) is 0 Å². The zero-order chi connectivity index (χ0) is 17.6. The van der Waals surface area contributed by atoms with E-state index in [-0.39, 0.29) is 19.4 Å². The third kappa shape index (κ3) is 4.70. The number of aromatic nitrogens is 3. The lowest BCUT2D eigenvalue weighted by molar-refractivity contribution is 0.407. The number of hydrogen-bond acceptors (Lipinski definition) is 5. The number of nitrogens with one attached hydrogen (secondary N) is 1. The van der Waals surface area contributed by atoms with Crippen LogP contribution in [0.15, 0.2) is 55.0 Å². The third-order valence-electron chi connectivity index (χ3n) is 3.95. The van der Waals surface area contributed by atoms with Crippen LogP contribution in [0.4, 0.5) is 10.2 Å². The Labute approximate surface area is 159 Å². The van der Waals surface area contributed by atoms with Gasteiger partial charge in [0.1, 0.15) is 17.9 Å². The molecule has 0 amide bonds. The van der Waals surface area contributed by atoms with Crippen LogP contribution in [0.2, 0.25) is 0 Å². The molecule has 3 rings (SSSR count). The molecule has 7 heteroatoms. The molecule has 2 heterocycles. The first-order valence-electron chi connectivity index (χ1n) is 7.98. The summed E-state index contributed by atoms with van der Waals surface area (Å²) in [5.74, 6) is 1.30. The smallest absolute Gasteiger partial charge is 0.212 e. The summed E-state index contributed by atoms with van der Waals surface area (Å²) in [7, 11) is 1.67. The Morgan fingerprint density at radius 1 is 1.12 bits per heavy atom. The Hall–Kier alpha value is -2.67. The summed E-state index contributed by atoms with van der Waals surface area (Å²) in [5.41, 5.74) is 2.56. The van der Waals surface area contributed by atoms with Gasteiger partial charge in [-0.3, -0.25) is 0 Å². The Kier molecular flexibility index (Phi) is 6.91. The van der Waals surface area contributed by atoms with Crippen LogP contribution in [0.1, 0.15) is 18.4 Å². The lowest BCUT2D eigenvalue weighted by atomic mass is 10.00. The SMILES string of the molecule is COc1ccccc1[C@H](C)CNc1cc(-c2ccc(F)nc2)ncn1.S. The second kappa shape index (κ2) is 9.15. The van der Waals surface area contributed by atoms with Gasteiger partial charge in [0.2, 0.25) is 5.95 Å². The lowest BCUT2D eigenvalue weighted by Crippen LogP contribution is -2.12. The molecule has 5 nitrogen and oxygen atoms in total. The maximum Gasteiger partial charge on any atom is 0.212 e. The van der Waals surface area contributed by atoms with Crippen molar-refractivity contribution in [3.8, 4) is 17.0 Å². The molecule has 0 unspecified atom stereocenters. The number of pyridine rings is 1. The van der Waals surface area contributed by atoms with E-state index in [9.17, 15) is 4.39 Å². The number of ether oxygens (including phenoxy) is 1. The quantitative estimate of drug-likeness (QED) is 0.663. The average molecular weight is 372 g/mol. The van der Waals surface area contributed by atoms with Gasteiger partial charge in [0.15, 0.2) is 0 Å². The highest BCUT2D eigenvalue weighted by Crippen LogP contribution is 2.26. The van der Waals surface area contributed by atoms with E-state index in [1.807, 2.05) is 24.3 Å². The molecule has 0 fully saturated rings. The number of benzene rings is 1. The molecule has 0 saturated carbocycles. The maximum atomic E-state index is 12.9. The Balaban J connectivity index is 0.00000243. The van der Waals surface area contributed by atoms with E-state index >= 15 is 0 Å². The van der Waals surface area contributed by atoms with E-state index in [0.717, 1.165) is 16.9 Å². The molecule has 0 spiro atoms. The largest absolute Gasteiger partial charge is 0.496 e. The molecule has 0 saturated heterocycles. The van der Waals surface area contributed by atoms with Crippen LogP contribution in [0, 0.1) is 5.95 Å². The molecule has 136 valence electrons. The Bertz CT molecular complexity index is 845. The van der Waals surface area contributed by atoms with Crippen molar-refractivity contribution in [1.29, 1.82) is 0 Å². The number of rotatable bonds is 6. The standard InChI is InChI=1S/C19H19FN4O.H2S/c1-13(15-5-3-4-6-17(15)25-2)10-22-19-9-16(23-12-24-19)14-7-8-18(20)21-11-14;/h3-9,11-13H,10H2,1-2H3,(H,22,23,24);1H2/t13-;/m1./s1. The maximum absolute atomic E-state index is 12.9. The summed E-state index contributed by atoms with van der Waals surface area (Å²) >= 11 is 0. The van der Waals surface area contributed by atoms with Crippen LogP contribution >= 0.6 is 13.5 Å². The van der Waals surface area contributed by atoms with Gasteiger partial charge in [-0.25, -0.2) is 15.0 Å². The second-order valence-electron chi connectivity index (χ2n) is 5.68. The molecule has 26 heavy (non-hydrogen) atoms. The summed E-state index contributed by atoms with van der Waals surface area (Å²) in [5, 5.41) is 3.31. The van der Waals surface area contributed by atoms with Gasteiger partial charge in [0, 0.05) is 30.3 Å². The number of nitrogens with zero attached hydrogens (tertiary/aromatic N) is 3. The van der Waals surface area contributed by atoms with Crippen molar-refractivity contribution in [3.05, 3.63) is 66.5 Å². The molecule has 0 aliphatic carbocycles. The van der Waals surface area contributed by atoms with Crippen LogP contribution in [0.25, 0.3) is 11.3 Å². The lowest BCUT2D eigenvalue weighted by Gasteiger charge is -2.16. The van der Waals surface area contributed by atoms with E-state index < -0.39 is 5.95 Å². The molecule has 1 N–H and O–H groups in total. The van der Waals surface area contributed by atoms with Crippen LogP contribution < -0.4 is 10.1 Å². The van der Waals surface area contributed by atoms with Crippen LogP contribution in [0.3, 0.4) is 0 Å². The topological polar surface area (TPSA) is 59.9 Å². The fraction of sp³-hybridized carbons (Fsp3) is 0.211. The van der Waals surface area contributed by atoms with E-state index in [2.05, 4.69) is 33.3 Å². The van der Waals surface area contributed by atoms with Gasteiger partial charge >= 0.3 is 0 Å². The summed E-state index contributed by atoms with van der Waals surface area (Å²) in [6, 6.07) is 12.7. The molecular formula is C19H21FN4OS. The van der Waals surface area contributed by atoms with Gasteiger partial charge < -0.3 is 10.1 Å². The number of halogens is 1. The van der Waals surface area contributed by atoms with E-state index in [0.29, 0.717) is 18.1 Å². The summed E-state index contributed by atoms with van der Waals surface area (Å²) < 4.78 is 18.4. The van der Waals surface area contributed by atoms with E-state index in [1.54, 1.807) is 13.2 Å². The van der Waals surface area contributed by atoms with Crippen molar-refractivity contribution in [2.45, 2.75) is 12.8 Å².